The van der Waals surface area contributed by atoms with Gasteiger partial charge in [-0.25, -0.2) is 19.2 Å². The first-order valence-corrected chi connectivity index (χ1v) is 11.7. The first kappa shape index (κ1) is 22.0. The lowest BCUT2D eigenvalue weighted by molar-refractivity contribution is 0.0695. The van der Waals surface area contributed by atoms with Crippen molar-refractivity contribution < 1.29 is 14.3 Å². The monoisotopic (exact) mass is 486 g/mol. The zero-order chi connectivity index (χ0) is 25.1. The van der Waals surface area contributed by atoms with Crippen molar-refractivity contribution >= 4 is 50.3 Å². The van der Waals surface area contributed by atoms with Gasteiger partial charge in [-0.05, 0) is 31.0 Å². The summed E-state index contributed by atoms with van der Waals surface area (Å²) in [4.78, 5) is 39.4. The lowest BCUT2D eigenvalue weighted by Crippen LogP contribution is -2.20. The maximum Gasteiger partial charge on any atom is 0.341 e. The van der Waals surface area contributed by atoms with Crippen molar-refractivity contribution in [2.75, 3.05) is 30.4 Å². The van der Waals surface area contributed by atoms with Gasteiger partial charge in [0.1, 0.15) is 22.7 Å². The Labute approximate surface area is 204 Å². The first-order valence-electron chi connectivity index (χ1n) is 11.7. The second kappa shape index (κ2) is 8.04. The Hall–Kier alpha value is -4.47. The average Bonchev–Trinajstić information content (AvgIpc) is 3.53. The number of aryl methyl sites for hydroxylation is 1. The zero-order valence-electron chi connectivity index (χ0n) is 19.7. The molecule has 1 aromatic carbocycles. The number of H-pyrrole nitrogens is 1. The molecule has 1 saturated heterocycles. The van der Waals surface area contributed by atoms with Crippen LogP contribution < -0.4 is 15.6 Å². The number of hydrogen-bond donors (Lipinski definition) is 3. The first-order chi connectivity index (χ1) is 17.4. The van der Waals surface area contributed by atoms with Gasteiger partial charge in [-0.2, -0.15) is 0 Å². The summed E-state index contributed by atoms with van der Waals surface area (Å²) in [6.07, 6.45) is 6.73. The zero-order valence-corrected chi connectivity index (χ0v) is 19.7. The van der Waals surface area contributed by atoms with Gasteiger partial charge in [0, 0.05) is 62.3 Å². The number of hydrogen-bond acceptors (Lipinski definition) is 6. The molecule has 36 heavy (non-hydrogen) atoms. The minimum absolute atomic E-state index is 0.213. The Kier molecular flexibility index (Phi) is 4.92. The number of carbonyl (C=O) groups is 1. The van der Waals surface area contributed by atoms with Crippen LogP contribution in [0.1, 0.15) is 23.2 Å². The molecule has 0 radical (unpaired) electrons. The van der Waals surface area contributed by atoms with Crippen LogP contribution in [0.25, 0.3) is 44.1 Å². The fourth-order valence-electron chi connectivity index (χ4n) is 5.25. The molecule has 3 N–H and O–H groups in total. The lowest BCUT2D eigenvalue weighted by atomic mass is 10.0. The average molecular weight is 487 g/mol. The summed E-state index contributed by atoms with van der Waals surface area (Å²) >= 11 is 0. The fourth-order valence-corrected chi connectivity index (χ4v) is 5.25. The minimum Gasteiger partial charge on any atom is -0.477 e. The second-order valence-electron chi connectivity index (χ2n) is 9.07. The summed E-state index contributed by atoms with van der Waals surface area (Å²) in [5.74, 6) is -1.65. The number of halogens is 1. The Bertz CT molecular complexity index is 1770. The lowest BCUT2D eigenvalue weighted by Gasteiger charge is -2.23. The van der Waals surface area contributed by atoms with Gasteiger partial charge in [0.2, 0.25) is 5.43 Å². The number of pyridine rings is 3. The van der Waals surface area contributed by atoms with Crippen molar-refractivity contribution in [3.63, 3.8) is 0 Å². The van der Waals surface area contributed by atoms with E-state index in [1.165, 1.54) is 22.9 Å². The van der Waals surface area contributed by atoms with E-state index < -0.39 is 11.4 Å². The molecule has 1 fully saturated rings. The molecule has 4 aromatic heterocycles. The van der Waals surface area contributed by atoms with E-state index in [0.717, 1.165) is 48.1 Å². The second-order valence-corrected chi connectivity index (χ2v) is 9.07. The number of benzene rings is 1. The number of nitrogens with zero attached hydrogens (tertiary/aromatic N) is 4. The van der Waals surface area contributed by atoms with Crippen molar-refractivity contribution in [2.24, 2.45) is 7.05 Å². The van der Waals surface area contributed by atoms with E-state index >= 15 is 0 Å². The number of fused-ring (bicyclic) bond motifs is 4. The minimum atomic E-state index is -1.29. The molecule has 0 atom stereocenters. The van der Waals surface area contributed by atoms with Gasteiger partial charge in [-0.15, -0.1) is 0 Å². The Morgan fingerprint density at radius 2 is 1.92 bits per heavy atom. The van der Waals surface area contributed by atoms with Gasteiger partial charge in [-0.1, -0.05) is 0 Å². The van der Waals surface area contributed by atoms with E-state index in [9.17, 15) is 19.1 Å². The van der Waals surface area contributed by atoms with Crippen molar-refractivity contribution in [3.8, 4) is 11.1 Å². The predicted molar refractivity (Wildman–Crippen MR) is 137 cm³/mol. The third-order valence-corrected chi connectivity index (χ3v) is 6.91. The van der Waals surface area contributed by atoms with Crippen LogP contribution in [0.3, 0.4) is 0 Å². The third kappa shape index (κ3) is 3.21. The maximum absolute atomic E-state index is 14.6. The topological polar surface area (TPSA) is 116 Å². The van der Waals surface area contributed by atoms with Gasteiger partial charge in [0.15, 0.2) is 0 Å². The van der Waals surface area contributed by atoms with Crippen molar-refractivity contribution in [2.45, 2.75) is 12.8 Å². The molecule has 5 heterocycles. The van der Waals surface area contributed by atoms with Crippen LogP contribution in [-0.4, -0.2) is 50.7 Å². The molecule has 9 nitrogen and oxygen atoms in total. The van der Waals surface area contributed by atoms with E-state index in [-0.39, 0.29) is 16.8 Å². The molecule has 10 heteroatoms. The van der Waals surface area contributed by atoms with Crippen LogP contribution in [0.2, 0.25) is 0 Å². The van der Waals surface area contributed by atoms with Gasteiger partial charge in [0.05, 0.1) is 27.7 Å². The van der Waals surface area contributed by atoms with E-state index in [1.807, 2.05) is 0 Å². The van der Waals surface area contributed by atoms with E-state index in [0.29, 0.717) is 27.9 Å². The molecular weight excluding hydrogens is 463 g/mol. The fraction of sp³-hybridized carbons (Fsp3) is 0.231. The number of aromatic nitrogens is 4. The Balaban J connectivity index is 1.69. The number of aromatic amines is 1. The molecule has 182 valence electrons. The van der Waals surface area contributed by atoms with Crippen LogP contribution in [0.4, 0.5) is 15.8 Å². The van der Waals surface area contributed by atoms with Gasteiger partial charge < -0.3 is 24.9 Å². The summed E-state index contributed by atoms with van der Waals surface area (Å²) in [6.45, 7) is 1.66. The van der Waals surface area contributed by atoms with Crippen molar-refractivity contribution in [1.29, 1.82) is 0 Å². The highest BCUT2D eigenvalue weighted by molar-refractivity contribution is 6.17. The molecular formula is C26H23FN6O3. The van der Waals surface area contributed by atoms with Crippen LogP contribution in [0.5, 0.6) is 0 Å². The van der Waals surface area contributed by atoms with E-state index in [4.69, 9.17) is 0 Å². The highest BCUT2D eigenvalue weighted by Gasteiger charge is 2.25. The van der Waals surface area contributed by atoms with E-state index in [1.54, 1.807) is 32.6 Å². The standard InChI is InChI=1S/C26H23FN6O3/c1-28-19-9-14(27)8-15-20-22(33-5-3-4-6-33)17(11-29-24(20)31-21(15)19)13-7-16-23(34)18(26(35)36)12-32(2)25(16)30-10-13/h7-12,28H,3-6H2,1-2H3,(H,29,31)(H,35,36). The summed E-state index contributed by atoms with van der Waals surface area (Å²) in [5.41, 5.74) is 3.79. The molecule has 0 amide bonds. The summed E-state index contributed by atoms with van der Waals surface area (Å²) in [7, 11) is 3.40. The highest BCUT2D eigenvalue weighted by atomic mass is 19.1. The summed E-state index contributed by atoms with van der Waals surface area (Å²) < 4.78 is 16.1. The highest BCUT2D eigenvalue weighted by Crippen LogP contribution is 2.43. The number of aromatic carboxylic acids is 1. The van der Waals surface area contributed by atoms with E-state index in [2.05, 4.69) is 25.2 Å². The van der Waals surface area contributed by atoms with Crippen LogP contribution in [-0.2, 0) is 7.05 Å². The normalized spacial score (nSPS) is 13.8. The Morgan fingerprint density at radius 3 is 2.64 bits per heavy atom. The number of carboxylic acid groups (broad SMARTS) is 1. The van der Waals surface area contributed by atoms with Crippen LogP contribution in [0, 0.1) is 5.82 Å². The van der Waals surface area contributed by atoms with Gasteiger partial charge >= 0.3 is 5.97 Å². The largest absolute Gasteiger partial charge is 0.477 e. The molecule has 1 aliphatic heterocycles. The van der Waals surface area contributed by atoms with Crippen molar-refractivity contribution in [3.05, 3.63) is 58.4 Å². The third-order valence-electron chi connectivity index (χ3n) is 6.91. The smallest absolute Gasteiger partial charge is 0.341 e. The predicted octanol–water partition coefficient (Wildman–Crippen LogP) is 4.11. The van der Waals surface area contributed by atoms with Crippen molar-refractivity contribution in [1.82, 2.24) is 19.5 Å². The summed E-state index contributed by atoms with van der Waals surface area (Å²) in [6, 6.07) is 4.62. The van der Waals surface area contributed by atoms with Crippen LogP contribution in [0.15, 0.2) is 41.6 Å². The number of carboxylic acids is 1. The molecule has 0 bridgehead atoms. The number of anilines is 2. The molecule has 5 aromatic rings. The quantitative estimate of drug-likeness (QED) is 0.350. The summed E-state index contributed by atoms with van der Waals surface area (Å²) in [5, 5.41) is 14.3. The molecule has 0 spiro atoms. The maximum atomic E-state index is 14.6. The molecule has 6 rings (SSSR count). The Morgan fingerprint density at radius 1 is 1.14 bits per heavy atom. The van der Waals surface area contributed by atoms with Crippen LogP contribution >= 0.6 is 0 Å². The SMILES string of the molecule is CNc1cc(F)cc2c1[nH]c1ncc(-c3cnc4c(c3)c(=O)c(C(=O)O)cn4C)c(N3CCCC3)c12. The molecule has 0 aliphatic carbocycles. The number of nitrogens with one attached hydrogen (secondary N) is 2. The van der Waals surface area contributed by atoms with Gasteiger partial charge in [0.25, 0.3) is 0 Å². The molecule has 0 unspecified atom stereocenters. The molecule has 1 aliphatic rings. The number of rotatable bonds is 4. The molecule has 0 saturated carbocycles. The van der Waals surface area contributed by atoms with Gasteiger partial charge in [-0.3, -0.25) is 4.79 Å².